The van der Waals surface area contributed by atoms with Gasteiger partial charge in [-0.25, -0.2) is 4.98 Å². The van der Waals surface area contributed by atoms with E-state index in [9.17, 15) is 13.0 Å². The van der Waals surface area contributed by atoms with Gasteiger partial charge in [0.05, 0.1) is 5.02 Å². The predicted molar refractivity (Wildman–Crippen MR) is 74.8 cm³/mol. The summed E-state index contributed by atoms with van der Waals surface area (Å²) < 4.78 is 37.2. The second-order valence-corrected chi connectivity index (χ2v) is 6.73. The molecule has 1 aromatic heterocycles. The molecule has 0 saturated heterocycles. The fraction of sp³-hybridized carbons (Fsp3) is 0.364. The van der Waals surface area contributed by atoms with Crippen LogP contribution in [0, 0.1) is 0 Å². The summed E-state index contributed by atoms with van der Waals surface area (Å²) in [6.45, 7) is 5.64. The highest BCUT2D eigenvalue weighted by Crippen LogP contribution is 2.33. The minimum Gasteiger partial charge on any atom is -0.439 e. The summed E-state index contributed by atoms with van der Waals surface area (Å²) in [5.74, 6) is 0.379. The van der Waals surface area contributed by atoms with Gasteiger partial charge in [-0.3, -0.25) is 4.55 Å². The Hall–Kier alpha value is -0.820. The van der Waals surface area contributed by atoms with E-state index in [0.29, 0.717) is 11.4 Å². The number of halogens is 2. The van der Waals surface area contributed by atoms with Crippen LogP contribution in [0.3, 0.4) is 0 Å². The second kappa shape index (κ2) is 4.94. The molecule has 5 nitrogen and oxygen atoms in total. The molecular formula is C11H13Cl2NO4S. The SMILES string of the molecule is CC(C)(C)c1nc2ccc(Cl)c(S(=O)(=O)O)c2o1.Cl. The van der Waals surface area contributed by atoms with Crippen LogP contribution in [-0.2, 0) is 15.5 Å². The molecule has 0 radical (unpaired) electrons. The van der Waals surface area contributed by atoms with Crippen LogP contribution in [0.2, 0.25) is 5.02 Å². The van der Waals surface area contributed by atoms with E-state index < -0.39 is 15.0 Å². The Labute approximate surface area is 122 Å². The van der Waals surface area contributed by atoms with E-state index in [1.807, 2.05) is 20.8 Å². The van der Waals surface area contributed by atoms with E-state index in [0.717, 1.165) is 0 Å². The highest BCUT2D eigenvalue weighted by molar-refractivity contribution is 7.86. The van der Waals surface area contributed by atoms with Gasteiger partial charge < -0.3 is 4.42 Å². The summed E-state index contributed by atoms with van der Waals surface area (Å²) in [4.78, 5) is 3.76. The van der Waals surface area contributed by atoms with Crippen molar-refractivity contribution < 1.29 is 17.4 Å². The van der Waals surface area contributed by atoms with Crippen LogP contribution < -0.4 is 0 Å². The molecule has 1 N–H and O–H groups in total. The highest BCUT2D eigenvalue weighted by atomic mass is 35.5. The minimum absolute atomic E-state index is 0. The number of aromatic nitrogens is 1. The van der Waals surface area contributed by atoms with Gasteiger partial charge in [0.2, 0.25) is 5.89 Å². The normalized spacial score (nSPS) is 12.5. The van der Waals surface area contributed by atoms with Crippen molar-refractivity contribution in [3.05, 3.63) is 23.0 Å². The van der Waals surface area contributed by atoms with Crippen molar-refractivity contribution in [1.29, 1.82) is 0 Å². The van der Waals surface area contributed by atoms with Crippen LogP contribution in [0.1, 0.15) is 26.7 Å². The van der Waals surface area contributed by atoms with E-state index in [2.05, 4.69) is 4.98 Å². The van der Waals surface area contributed by atoms with E-state index >= 15 is 0 Å². The second-order valence-electron chi connectivity index (χ2n) is 4.97. The fourth-order valence-corrected chi connectivity index (χ4v) is 2.64. The van der Waals surface area contributed by atoms with Crippen molar-refractivity contribution in [2.75, 3.05) is 0 Å². The Bertz CT molecular complexity index is 716. The molecule has 0 aliphatic heterocycles. The van der Waals surface area contributed by atoms with E-state index in [1.165, 1.54) is 6.07 Å². The molecule has 106 valence electrons. The van der Waals surface area contributed by atoms with Crippen molar-refractivity contribution in [3.63, 3.8) is 0 Å². The van der Waals surface area contributed by atoms with Gasteiger partial charge in [-0.1, -0.05) is 32.4 Å². The summed E-state index contributed by atoms with van der Waals surface area (Å²) in [6, 6.07) is 2.91. The number of hydrogen-bond acceptors (Lipinski definition) is 4. The first-order valence-corrected chi connectivity index (χ1v) is 6.99. The van der Waals surface area contributed by atoms with Crippen LogP contribution in [0.15, 0.2) is 21.4 Å². The molecule has 0 unspecified atom stereocenters. The topological polar surface area (TPSA) is 80.4 Å². The molecule has 1 heterocycles. The summed E-state index contributed by atoms with van der Waals surface area (Å²) >= 11 is 5.78. The van der Waals surface area contributed by atoms with Crippen LogP contribution >= 0.6 is 24.0 Å². The average molecular weight is 326 g/mol. The molecule has 8 heteroatoms. The van der Waals surface area contributed by atoms with Crippen molar-refractivity contribution in [2.24, 2.45) is 0 Å². The van der Waals surface area contributed by atoms with Gasteiger partial charge >= 0.3 is 0 Å². The fourth-order valence-electron chi connectivity index (χ4n) is 1.50. The maximum absolute atomic E-state index is 11.3. The lowest BCUT2D eigenvalue weighted by Crippen LogP contribution is -2.10. The van der Waals surface area contributed by atoms with Gasteiger partial charge in [-0.05, 0) is 12.1 Å². The average Bonchev–Trinajstić information content (AvgIpc) is 2.57. The third-order valence-electron chi connectivity index (χ3n) is 2.36. The lowest BCUT2D eigenvalue weighted by Gasteiger charge is -2.11. The van der Waals surface area contributed by atoms with Crippen LogP contribution in [0.4, 0.5) is 0 Å². The molecular weight excluding hydrogens is 313 g/mol. The maximum atomic E-state index is 11.3. The van der Waals surface area contributed by atoms with E-state index in [1.54, 1.807) is 6.07 Å². The number of hydrogen-bond donors (Lipinski definition) is 1. The zero-order chi connectivity index (χ0) is 13.7. The van der Waals surface area contributed by atoms with Crippen molar-refractivity contribution in [1.82, 2.24) is 4.98 Å². The van der Waals surface area contributed by atoms with Crippen molar-refractivity contribution in [3.8, 4) is 0 Å². The number of fused-ring (bicyclic) bond motifs is 1. The molecule has 0 aliphatic rings. The van der Waals surface area contributed by atoms with E-state index in [4.69, 9.17) is 16.0 Å². The smallest absolute Gasteiger partial charge is 0.299 e. The summed E-state index contributed by atoms with van der Waals surface area (Å²) in [6.07, 6.45) is 0. The minimum atomic E-state index is -4.46. The lowest BCUT2D eigenvalue weighted by molar-refractivity contribution is 0.407. The Morgan fingerprint density at radius 2 is 1.89 bits per heavy atom. The van der Waals surface area contributed by atoms with Gasteiger partial charge in [-0.15, -0.1) is 12.4 Å². The van der Waals surface area contributed by atoms with Gasteiger partial charge in [-0.2, -0.15) is 8.42 Å². The largest absolute Gasteiger partial charge is 0.439 e. The summed E-state index contributed by atoms with van der Waals surface area (Å²) in [5, 5.41) is -0.0957. The van der Waals surface area contributed by atoms with Gasteiger partial charge in [0.1, 0.15) is 5.52 Å². The number of benzene rings is 1. The standard InChI is InChI=1S/C11H12ClNO4S.ClH/c1-11(2,3)10-13-7-5-4-6(12)9(8(7)17-10)18(14,15)16;/h4-5H,1-3H3,(H,14,15,16);1H. The molecule has 0 fully saturated rings. The third kappa shape index (κ3) is 3.02. The molecule has 0 spiro atoms. The Morgan fingerprint density at radius 1 is 1.32 bits per heavy atom. The Morgan fingerprint density at radius 3 is 2.37 bits per heavy atom. The predicted octanol–water partition coefficient (Wildman–Crippen LogP) is 3.45. The molecule has 0 bridgehead atoms. The van der Waals surface area contributed by atoms with Crippen molar-refractivity contribution in [2.45, 2.75) is 31.1 Å². The quantitative estimate of drug-likeness (QED) is 0.812. The summed E-state index contributed by atoms with van der Waals surface area (Å²) in [5.41, 5.74) is -0.0472. The molecule has 2 rings (SSSR count). The Kier molecular flexibility index (Phi) is 4.22. The molecule has 2 aromatic rings. The van der Waals surface area contributed by atoms with Gasteiger partial charge in [0, 0.05) is 5.41 Å². The van der Waals surface area contributed by atoms with Gasteiger partial charge in [0.15, 0.2) is 10.5 Å². The lowest BCUT2D eigenvalue weighted by atomic mass is 9.97. The van der Waals surface area contributed by atoms with Crippen LogP contribution in [-0.4, -0.2) is 18.0 Å². The Balaban J connectivity index is 0.00000180. The highest BCUT2D eigenvalue weighted by Gasteiger charge is 2.26. The molecule has 19 heavy (non-hydrogen) atoms. The first-order chi connectivity index (χ1) is 8.10. The molecule has 0 aliphatic carbocycles. The van der Waals surface area contributed by atoms with Crippen LogP contribution in [0.5, 0.6) is 0 Å². The molecule has 1 aromatic carbocycles. The first-order valence-electron chi connectivity index (χ1n) is 5.18. The van der Waals surface area contributed by atoms with Gasteiger partial charge in [0.25, 0.3) is 10.1 Å². The number of oxazole rings is 1. The zero-order valence-electron chi connectivity index (χ0n) is 10.5. The monoisotopic (exact) mass is 325 g/mol. The molecule has 0 saturated carbocycles. The molecule has 0 atom stereocenters. The van der Waals surface area contributed by atoms with Crippen LogP contribution in [0.25, 0.3) is 11.1 Å². The van der Waals surface area contributed by atoms with E-state index in [-0.39, 0.29) is 28.4 Å². The zero-order valence-corrected chi connectivity index (χ0v) is 12.9. The summed E-state index contributed by atoms with van der Waals surface area (Å²) in [7, 11) is -4.46. The number of rotatable bonds is 1. The maximum Gasteiger partial charge on any atom is 0.299 e. The first kappa shape index (κ1) is 16.2. The third-order valence-corrected chi connectivity index (χ3v) is 3.71. The molecule has 0 amide bonds. The number of nitrogens with zero attached hydrogens (tertiary/aromatic N) is 1. The van der Waals surface area contributed by atoms with Crippen molar-refractivity contribution >= 4 is 45.2 Å².